The Labute approximate surface area is 89.4 Å². The van der Waals surface area contributed by atoms with Crippen LogP contribution in [0.2, 0.25) is 0 Å². The van der Waals surface area contributed by atoms with Crippen molar-refractivity contribution in [2.24, 2.45) is 7.05 Å². The molecule has 1 aliphatic rings. The second-order valence-corrected chi connectivity index (χ2v) is 4.07. The van der Waals surface area contributed by atoms with E-state index in [1.165, 1.54) is 5.56 Å². The third-order valence-electron chi connectivity index (χ3n) is 2.69. The second-order valence-electron chi connectivity index (χ2n) is 4.07. The van der Waals surface area contributed by atoms with Crippen LogP contribution in [0.5, 0.6) is 0 Å². The van der Waals surface area contributed by atoms with E-state index in [2.05, 4.69) is 17.2 Å². The van der Waals surface area contributed by atoms with E-state index in [1.54, 1.807) is 0 Å². The Balaban J connectivity index is 1.88. The van der Waals surface area contributed by atoms with Crippen LogP contribution in [0.3, 0.4) is 0 Å². The molecule has 2 rings (SSSR count). The molecule has 0 bridgehead atoms. The summed E-state index contributed by atoms with van der Waals surface area (Å²) in [5.41, 5.74) is 1.28. The van der Waals surface area contributed by atoms with Crippen LogP contribution < -0.4 is 0 Å². The molecule has 1 fully saturated rings. The molecular weight excluding hydrogens is 195 g/mol. The van der Waals surface area contributed by atoms with Crippen molar-refractivity contribution in [1.29, 1.82) is 0 Å². The van der Waals surface area contributed by atoms with Crippen LogP contribution in [-0.4, -0.2) is 41.9 Å². The second kappa shape index (κ2) is 4.77. The zero-order valence-electron chi connectivity index (χ0n) is 9.03. The number of rotatable bonds is 3. The zero-order valence-corrected chi connectivity index (χ0v) is 9.03. The largest absolute Gasteiger partial charge is 0.373 e. The predicted molar refractivity (Wildman–Crippen MR) is 56.4 cm³/mol. The van der Waals surface area contributed by atoms with E-state index in [0.717, 1.165) is 13.1 Å². The quantitative estimate of drug-likeness (QED) is 0.749. The summed E-state index contributed by atoms with van der Waals surface area (Å²) >= 11 is 0. The Morgan fingerprint density at radius 2 is 2.47 bits per heavy atom. The summed E-state index contributed by atoms with van der Waals surface area (Å²) in [6.07, 6.45) is 3.89. The lowest BCUT2D eigenvalue weighted by molar-refractivity contribution is -0.0412. The van der Waals surface area contributed by atoms with E-state index in [-0.39, 0.29) is 12.8 Å². The van der Waals surface area contributed by atoms with Gasteiger partial charge in [-0.1, -0.05) is 0 Å². The summed E-state index contributed by atoms with van der Waals surface area (Å²) in [6.45, 7) is 2.74. The SMILES string of the molecule is Cn1ccc(CN2CCOC(CF)C2)c1. The standard InChI is InChI=1S/C11H17FN2O/c1-13-3-2-10(7-13)8-14-4-5-15-11(6-12)9-14/h2-3,7,11H,4-6,8-9H2,1H3. The van der Waals surface area contributed by atoms with Crippen LogP contribution in [0.25, 0.3) is 0 Å². The van der Waals surface area contributed by atoms with Crippen molar-refractivity contribution in [2.75, 3.05) is 26.4 Å². The Hall–Kier alpha value is -0.870. The van der Waals surface area contributed by atoms with Gasteiger partial charge >= 0.3 is 0 Å². The van der Waals surface area contributed by atoms with E-state index in [4.69, 9.17) is 4.74 Å². The highest BCUT2D eigenvalue weighted by atomic mass is 19.1. The summed E-state index contributed by atoms with van der Waals surface area (Å²) in [7, 11) is 2.01. The van der Waals surface area contributed by atoms with Crippen LogP contribution in [0.1, 0.15) is 5.56 Å². The first-order valence-electron chi connectivity index (χ1n) is 5.28. The van der Waals surface area contributed by atoms with E-state index in [9.17, 15) is 4.39 Å². The monoisotopic (exact) mass is 212 g/mol. The number of morpholine rings is 1. The van der Waals surface area contributed by atoms with Gasteiger partial charge in [0.15, 0.2) is 0 Å². The molecule has 1 atom stereocenters. The van der Waals surface area contributed by atoms with Gasteiger partial charge in [-0.05, 0) is 11.6 Å². The molecule has 0 aromatic carbocycles. The van der Waals surface area contributed by atoms with Crippen molar-refractivity contribution >= 4 is 0 Å². The Kier molecular flexibility index (Phi) is 3.38. The number of aryl methyl sites for hydroxylation is 1. The first kappa shape index (κ1) is 10.6. The van der Waals surface area contributed by atoms with Gasteiger partial charge in [0.2, 0.25) is 0 Å². The molecule has 1 saturated heterocycles. The van der Waals surface area contributed by atoms with Crippen LogP contribution in [-0.2, 0) is 18.3 Å². The summed E-state index contributed by atoms with van der Waals surface area (Å²) in [6, 6.07) is 2.10. The molecular formula is C11H17FN2O. The summed E-state index contributed by atoms with van der Waals surface area (Å²) in [4.78, 5) is 2.24. The van der Waals surface area contributed by atoms with Gasteiger partial charge in [0, 0.05) is 39.1 Å². The molecule has 0 saturated carbocycles. The number of alkyl halides is 1. The molecule has 2 heterocycles. The van der Waals surface area contributed by atoms with Gasteiger partial charge in [-0.3, -0.25) is 4.90 Å². The molecule has 1 aromatic rings. The molecule has 0 spiro atoms. The summed E-state index contributed by atoms with van der Waals surface area (Å²) in [5.74, 6) is 0. The topological polar surface area (TPSA) is 17.4 Å². The summed E-state index contributed by atoms with van der Waals surface area (Å²) in [5, 5.41) is 0. The van der Waals surface area contributed by atoms with Gasteiger partial charge < -0.3 is 9.30 Å². The van der Waals surface area contributed by atoms with Gasteiger partial charge in [0.25, 0.3) is 0 Å². The van der Waals surface area contributed by atoms with Crippen molar-refractivity contribution in [1.82, 2.24) is 9.47 Å². The molecule has 15 heavy (non-hydrogen) atoms. The minimum Gasteiger partial charge on any atom is -0.373 e. The summed E-state index contributed by atoms with van der Waals surface area (Å²) < 4.78 is 19.7. The van der Waals surface area contributed by atoms with E-state index in [1.807, 2.05) is 17.8 Å². The molecule has 0 amide bonds. The molecule has 0 aliphatic carbocycles. The number of halogens is 1. The Bertz CT molecular complexity index is 313. The lowest BCUT2D eigenvalue weighted by Crippen LogP contribution is -2.42. The first-order valence-corrected chi connectivity index (χ1v) is 5.28. The van der Waals surface area contributed by atoms with E-state index >= 15 is 0 Å². The molecule has 1 aliphatic heterocycles. The average Bonchev–Trinajstić information content (AvgIpc) is 2.64. The van der Waals surface area contributed by atoms with Crippen molar-refractivity contribution in [3.63, 3.8) is 0 Å². The third kappa shape index (κ3) is 2.79. The highest BCUT2D eigenvalue weighted by Crippen LogP contribution is 2.10. The molecule has 1 aromatic heterocycles. The van der Waals surface area contributed by atoms with Crippen LogP contribution in [0, 0.1) is 0 Å². The predicted octanol–water partition coefficient (Wildman–Crippen LogP) is 1.20. The molecule has 84 valence electrons. The number of hydrogen-bond acceptors (Lipinski definition) is 2. The normalized spacial score (nSPS) is 23.2. The highest BCUT2D eigenvalue weighted by molar-refractivity contribution is 5.09. The maximum absolute atomic E-state index is 12.4. The van der Waals surface area contributed by atoms with Crippen LogP contribution in [0.15, 0.2) is 18.5 Å². The molecule has 0 N–H and O–H groups in total. The smallest absolute Gasteiger partial charge is 0.117 e. The van der Waals surface area contributed by atoms with Gasteiger partial charge in [-0.15, -0.1) is 0 Å². The Morgan fingerprint density at radius 3 is 3.13 bits per heavy atom. The zero-order chi connectivity index (χ0) is 10.7. The maximum Gasteiger partial charge on any atom is 0.117 e. The number of nitrogens with zero attached hydrogens (tertiary/aromatic N) is 2. The van der Waals surface area contributed by atoms with Gasteiger partial charge in [-0.2, -0.15) is 0 Å². The van der Waals surface area contributed by atoms with Crippen LogP contribution in [0.4, 0.5) is 4.39 Å². The molecule has 4 heteroatoms. The minimum atomic E-state index is -0.384. The number of aromatic nitrogens is 1. The Morgan fingerprint density at radius 1 is 1.60 bits per heavy atom. The first-order chi connectivity index (χ1) is 7.28. The van der Waals surface area contributed by atoms with E-state index in [0.29, 0.717) is 13.2 Å². The fourth-order valence-corrected chi connectivity index (χ4v) is 1.93. The molecule has 0 radical (unpaired) electrons. The number of ether oxygens (including phenoxy) is 1. The lowest BCUT2D eigenvalue weighted by Gasteiger charge is -2.31. The van der Waals surface area contributed by atoms with Crippen molar-refractivity contribution < 1.29 is 9.13 Å². The van der Waals surface area contributed by atoms with Gasteiger partial charge in [0.1, 0.15) is 6.67 Å². The third-order valence-corrected chi connectivity index (χ3v) is 2.69. The number of hydrogen-bond donors (Lipinski definition) is 0. The van der Waals surface area contributed by atoms with Crippen molar-refractivity contribution in [3.05, 3.63) is 24.0 Å². The molecule has 1 unspecified atom stereocenters. The maximum atomic E-state index is 12.4. The minimum absolute atomic E-state index is 0.234. The fraction of sp³-hybridized carbons (Fsp3) is 0.636. The van der Waals surface area contributed by atoms with Crippen molar-refractivity contribution in [2.45, 2.75) is 12.6 Å². The average molecular weight is 212 g/mol. The van der Waals surface area contributed by atoms with Crippen molar-refractivity contribution in [3.8, 4) is 0 Å². The van der Waals surface area contributed by atoms with Crippen LogP contribution >= 0.6 is 0 Å². The van der Waals surface area contributed by atoms with Gasteiger partial charge in [-0.25, -0.2) is 4.39 Å². The molecule has 3 nitrogen and oxygen atoms in total. The lowest BCUT2D eigenvalue weighted by atomic mass is 10.2. The van der Waals surface area contributed by atoms with Gasteiger partial charge in [0.05, 0.1) is 12.7 Å². The van der Waals surface area contributed by atoms with E-state index < -0.39 is 0 Å². The highest BCUT2D eigenvalue weighted by Gasteiger charge is 2.20. The fourth-order valence-electron chi connectivity index (χ4n) is 1.93.